The zero-order valence-corrected chi connectivity index (χ0v) is 19.8. The van der Waals surface area contributed by atoms with Crippen molar-refractivity contribution in [3.63, 3.8) is 0 Å². The molecule has 0 N–H and O–H groups in total. The zero-order valence-electron chi connectivity index (χ0n) is 18.9. The van der Waals surface area contributed by atoms with E-state index in [1.54, 1.807) is 18.2 Å². The second-order valence-corrected chi connectivity index (χ2v) is 10.1. The molecule has 0 aliphatic rings. The fraction of sp³-hybridized carbons (Fsp3) is 0.222. The summed E-state index contributed by atoms with van der Waals surface area (Å²) in [7, 11) is -2.27. The van der Waals surface area contributed by atoms with E-state index >= 15 is 0 Å². The van der Waals surface area contributed by atoms with Crippen LogP contribution in [-0.2, 0) is 0 Å². The van der Waals surface area contributed by atoms with Crippen molar-refractivity contribution in [1.82, 2.24) is 0 Å². The predicted molar refractivity (Wildman–Crippen MR) is 128 cm³/mol. The molecule has 0 aliphatic heterocycles. The van der Waals surface area contributed by atoms with Gasteiger partial charge in [0, 0.05) is 16.7 Å². The third kappa shape index (κ3) is 4.73. The van der Waals surface area contributed by atoms with Crippen LogP contribution in [0.4, 0.5) is 0 Å². The van der Waals surface area contributed by atoms with Crippen LogP contribution in [-0.4, -0.2) is 16.6 Å². The van der Waals surface area contributed by atoms with Gasteiger partial charge in [-0.2, -0.15) is 0 Å². The molecular weight excluding hydrogens is 403 g/mol. The molecule has 0 bridgehead atoms. The number of hydrogen-bond donors (Lipinski definition) is 0. The Morgan fingerprint density at radius 3 is 0.968 bits per heavy atom. The first-order chi connectivity index (χ1) is 14.6. The quantitative estimate of drug-likeness (QED) is 0.402. The van der Waals surface area contributed by atoms with E-state index in [9.17, 15) is 14.4 Å². The van der Waals surface area contributed by atoms with Crippen LogP contribution in [0.1, 0.15) is 64.5 Å². The normalized spacial score (nSPS) is 10.9. The Morgan fingerprint density at radius 1 is 0.484 bits per heavy atom. The van der Waals surface area contributed by atoms with Gasteiger partial charge in [0.05, 0.1) is 0 Å². The smallest absolute Gasteiger partial charge is 0.200 e. The van der Waals surface area contributed by atoms with Crippen molar-refractivity contribution in [2.24, 2.45) is 0 Å². The van der Waals surface area contributed by atoms with Crippen molar-refractivity contribution in [2.45, 2.75) is 41.5 Å². The molecule has 3 aromatic rings. The van der Waals surface area contributed by atoms with Crippen LogP contribution in [0.2, 0.25) is 0 Å². The monoisotopic (exact) mass is 430 g/mol. The first kappa shape index (κ1) is 22.8. The van der Waals surface area contributed by atoms with Crippen LogP contribution >= 0.6 is 7.92 Å². The van der Waals surface area contributed by atoms with Crippen LogP contribution in [0.3, 0.4) is 0 Å². The first-order valence-corrected chi connectivity index (χ1v) is 11.6. The maximum atomic E-state index is 13.7. The molecule has 4 heteroatoms. The molecule has 0 atom stereocenters. The molecule has 0 heterocycles. The van der Waals surface area contributed by atoms with Crippen molar-refractivity contribution in [3.05, 3.63) is 105 Å². The maximum absolute atomic E-state index is 13.7. The minimum atomic E-state index is -2.27. The molecule has 3 nitrogen and oxygen atoms in total. The molecule has 0 saturated heterocycles. The van der Waals surface area contributed by atoms with Gasteiger partial charge in [-0.05, 0) is 58.2 Å². The molecule has 31 heavy (non-hydrogen) atoms. The zero-order chi connectivity index (χ0) is 22.9. The number of carbonyl (C=O) groups excluding carboxylic acids is 3. The molecular formula is C27H27O3P. The van der Waals surface area contributed by atoms with Gasteiger partial charge < -0.3 is 0 Å². The third-order valence-corrected chi connectivity index (χ3v) is 7.39. The second-order valence-electron chi connectivity index (χ2n) is 8.21. The third-order valence-electron chi connectivity index (χ3n) is 5.45. The van der Waals surface area contributed by atoms with Gasteiger partial charge in [0.1, 0.15) is 7.92 Å². The summed E-state index contributed by atoms with van der Waals surface area (Å²) in [6.07, 6.45) is 0. The number of rotatable bonds is 6. The Morgan fingerprint density at radius 2 is 0.742 bits per heavy atom. The highest BCUT2D eigenvalue weighted by molar-refractivity contribution is 8.03. The van der Waals surface area contributed by atoms with Crippen molar-refractivity contribution in [3.8, 4) is 0 Å². The summed E-state index contributed by atoms with van der Waals surface area (Å²) >= 11 is 0. The molecule has 0 radical (unpaired) electrons. The Labute approximate surface area is 185 Å². The van der Waals surface area contributed by atoms with Gasteiger partial charge >= 0.3 is 0 Å². The van der Waals surface area contributed by atoms with E-state index in [1.165, 1.54) is 0 Å². The minimum Gasteiger partial charge on any atom is -0.288 e. The Hall–Kier alpha value is -2.90. The molecule has 0 aromatic heterocycles. The molecule has 0 spiro atoms. The largest absolute Gasteiger partial charge is 0.288 e. The number of hydrogen-bond acceptors (Lipinski definition) is 3. The van der Waals surface area contributed by atoms with Crippen LogP contribution in [0.15, 0.2) is 54.6 Å². The van der Waals surface area contributed by atoms with Crippen LogP contribution < -0.4 is 0 Å². The maximum Gasteiger partial charge on any atom is 0.200 e. The van der Waals surface area contributed by atoms with E-state index < -0.39 is 7.92 Å². The van der Waals surface area contributed by atoms with Crippen LogP contribution in [0.5, 0.6) is 0 Å². The molecule has 0 unspecified atom stereocenters. The summed E-state index contributed by atoms with van der Waals surface area (Å²) in [5, 5.41) is 0. The van der Waals surface area contributed by atoms with E-state index in [1.807, 2.05) is 77.9 Å². The Balaban J connectivity index is 2.16. The van der Waals surface area contributed by atoms with Gasteiger partial charge in [0.25, 0.3) is 0 Å². The molecule has 3 aromatic carbocycles. The van der Waals surface area contributed by atoms with Gasteiger partial charge in [0.2, 0.25) is 0 Å². The number of aryl methyl sites for hydroxylation is 6. The molecule has 158 valence electrons. The molecule has 0 aliphatic carbocycles. The van der Waals surface area contributed by atoms with Gasteiger partial charge in [-0.1, -0.05) is 71.3 Å². The lowest BCUT2D eigenvalue weighted by Gasteiger charge is -2.18. The highest BCUT2D eigenvalue weighted by atomic mass is 31.1. The van der Waals surface area contributed by atoms with E-state index in [2.05, 4.69) is 0 Å². The van der Waals surface area contributed by atoms with Crippen LogP contribution in [0, 0.1) is 41.5 Å². The van der Waals surface area contributed by atoms with Crippen molar-refractivity contribution >= 4 is 24.5 Å². The summed E-state index contributed by atoms with van der Waals surface area (Å²) in [5.74, 6) is 0. The van der Waals surface area contributed by atoms with E-state index in [0.717, 1.165) is 33.4 Å². The molecule has 0 fully saturated rings. The summed E-state index contributed by atoms with van der Waals surface area (Å²) < 4.78 is 0. The van der Waals surface area contributed by atoms with Crippen molar-refractivity contribution in [2.75, 3.05) is 0 Å². The molecule has 0 amide bonds. The highest BCUT2D eigenvalue weighted by Gasteiger charge is 2.37. The number of benzene rings is 3. The minimum absolute atomic E-state index is 0.387. The van der Waals surface area contributed by atoms with E-state index in [4.69, 9.17) is 0 Å². The predicted octanol–water partition coefficient (Wildman–Crippen LogP) is 6.84. The summed E-state index contributed by atoms with van der Waals surface area (Å²) in [6, 6.07) is 16.4. The van der Waals surface area contributed by atoms with Gasteiger partial charge in [-0.25, -0.2) is 0 Å². The highest BCUT2D eigenvalue weighted by Crippen LogP contribution is 2.47. The van der Waals surface area contributed by atoms with Crippen molar-refractivity contribution in [1.29, 1.82) is 0 Å². The van der Waals surface area contributed by atoms with E-state index in [-0.39, 0.29) is 16.6 Å². The van der Waals surface area contributed by atoms with Crippen molar-refractivity contribution < 1.29 is 14.4 Å². The second kappa shape index (κ2) is 9.08. The van der Waals surface area contributed by atoms with Gasteiger partial charge in [-0.3, -0.25) is 14.4 Å². The average molecular weight is 430 g/mol. The fourth-order valence-electron chi connectivity index (χ4n) is 3.80. The molecule has 0 saturated carbocycles. The average Bonchev–Trinajstić information content (AvgIpc) is 2.67. The Bertz CT molecular complexity index is 1060. The molecule has 3 rings (SSSR count). The standard InChI is InChI=1S/C27H27O3P/c1-16-7-10-22(19(4)13-16)25(28)31(26(29)23-11-8-17(2)14-20(23)5)27(30)24-12-9-18(3)15-21(24)6/h7-15H,1-6H3. The van der Waals surface area contributed by atoms with Gasteiger partial charge in [-0.15, -0.1) is 0 Å². The number of carbonyl (C=O) groups is 3. The first-order valence-electron chi connectivity index (χ1n) is 10.2. The summed E-state index contributed by atoms with van der Waals surface area (Å²) in [6.45, 7) is 11.4. The summed E-state index contributed by atoms with van der Waals surface area (Å²) in [5.41, 5.74) is 5.57. The SMILES string of the molecule is Cc1ccc(C(=O)P(C(=O)c2ccc(C)cc2C)C(=O)c2ccc(C)cc2C)c(C)c1. The lowest BCUT2D eigenvalue weighted by atomic mass is 10.1. The Kier molecular flexibility index (Phi) is 6.67. The topological polar surface area (TPSA) is 51.2 Å². The van der Waals surface area contributed by atoms with Gasteiger partial charge in [0.15, 0.2) is 16.6 Å². The lowest BCUT2D eigenvalue weighted by molar-refractivity contribution is 0.102. The van der Waals surface area contributed by atoms with Crippen LogP contribution in [0.25, 0.3) is 0 Å². The lowest BCUT2D eigenvalue weighted by Crippen LogP contribution is -2.16. The fourth-order valence-corrected chi connectivity index (χ4v) is 5.83. The van der Waals surface area contributed by atoms with E-state index in [0.29, 0.717) is 16.7 Å². The summed E-state index contributed by atoms with van der Waals surface area (Å²) in [4.78, 5) is 41.0.